The topological polar surface area (TPSA) is 67.0 Å². The van der Waals surface area contributed by atoms with Crippen LogP contribution in [0.1, 0.15) is 43.7 Å². The number of carbonyl (C=O) groups excluding carboxylic acids is 1. The third-order valence-corrected chi connectivity index (χ3v) is 3.70. The normalized spacial score (nSPS) is 20.9. The number of hydrogen-bond donors (Lipinski definition) is 2. The molecule has 98 valence electrons. The molecule has 2 fully saturated rings. The van der Waals surface area contributed by atoms with Gasteiger partial charge in [0.05, 0.1) is 0 Å². The molecule has 1 aliphatic carbocycles. The largest absolute Gasteiger partial charge is 0.381 e. The van der Waals surface area contributed by atoms with Crippen LogP contribution in [0.25, 0.3) is 0 Å². The van der Waals surface area contributed by atoms with Crippen molar-refractivity contribution in [1.82, 2.24) is 10.2 Å². The molecule has 5 heteroatoms. The first-order valence-electron chi connectivity index (χ1n) is 6.74. The van der Waals surface area contributed by atoms with Gasteiger partial charge in [-0.1, -0.05) is 0 Å². The van der Waals surface area contributed by atoms with E-state index in [9.17, 15) is 4.79 Å². The monoisotopic (exact) mass is 249 g/mol. The van der Waals surface area contributed by atoms with Crippen LogP contribution in [0.4, 0.5) is 5.82 Å². The lowest BCUT2D eigenvalue weighted by atomic mass is 9.97. The number of ether oxygens (including phenoxy) is 1. The first-order chi connectivity index (χ1) is 8.81. The summed E-state index contributed by atoms with van der Waals surface area (Å²) in [6.45, 7) is 1.63. The molecule has 5 nitrogen and oxygen atoms in total. The Labute approximate surface area is 106 Å². The van der Waals surface area contributed by atoms with Gasteiger partial charge >= 0.3 is 0 Å². The highest BCUT2D eigenvalue weighted by molar-refractivity contribution is 5.90. The maximum absolute atomic E-state index is 11.7. The summed E-state index contributed by atoms with van der Waals surface area (Å²) in [4.78, 5) is 11.7. The predicted octanol–water partition coefficient (Wildman–Crippen LogP) is 2.04. The number of amides is 1. The van der Waals surface area contributed by atoms with Crippen LogP contribution in [0.5, 0.6) is 0 Å². The summed E-state index contributed by atoms with van der Waals surface area (Å²) in [5.74, 6) is 1.84. The van der Waals surface area contributed by atoms with E-state index in [1.165, 1.54) is 12.8 Å². The molecular weight excluding hydrogens is 230 g/mol. The van der Waals surface area contributed by atoms with E-state index in [0.717, 1.165) is 31.7 Å². The first-order valence-corrected chi connectivity index (χ1v) is 6.74. The second kappa shape index (κ2) is 5.10. The lowest BCUT2D eigenvalue weighted by Crippen LogP contribution is -2.14. The molecule has 0 radical (unpaired) electrons. The molecule has 1 aromatic heterocycles. The Bertz CT molecular complexity index is 420. The van der Waals surface area contributed by atoms with Crippen molar-refractivity contribution in [2.24, 2.45) is 5.92 Å². The highest BCUT2D eigenvalue weighted by Crippen LogP contribution is 2.32. The van der Waals surface area contributed by atoms with Crippen molar-refractivity contribution in [2.75, 3.05) is 18.5 Å². The standard InChI is InChI=1S/C13H19N3O2/c17-13(7-9-1-2-9)14-12-8-11(15-16-12)10-3-5-18-6-4-10/h8-10H,1-7H2,(H2,14,15,16,17). The molecule has 1 aromatic rings. The van der Waals surface area contributed by atoms with E-state index in [2.05, 4.69) is 15.5 Å². The highest BCUT2D eigenvalue weighted by Gasteiger charge is 2.25. The van der Waals surface area contributed by atoms with Gasteiger partial charge in [-0.3, -0.25) is 9.89 Å². The molecule has 1 aliphatic heterocycles. The molecule has 1 saturated heterocycles. The summed E-state index contributed by atoms with van der Waals surface area (Å²) in [6.07, 6.45) is 5.08. The Morgan fingerprint density at radius 2 is 2.17 bits per heavy atom. The van der Waals surface area contributed by atoms with Gasteiger partial charge in [-0.25, -0.2) is 0 Å². The van der Waals surface area contributed by atoms with Crippen LogP contribution in [0.15, 0.2) is 6.07 Å². The van der Waals surface area contributed by atoms with E-state index in [1.807, 2.05) is 6.07 Å². The number of anilines is 1. The van der Waals surface area contributed by atoms with Crippen molar-refractivity contribution in [3.63, 3.8) is 0 Å². The molecule has 0 spiro atoms. The van der Waals surface area contributed by atoms with Crippen LogP contribution >= 0.6 is 0 Å². The van der Waals surface area contributed by atoms with Crippen LogP contribution in [-0.4, -0.2) is 29.3 Å². The summed E-state index contributed by atoms with van der Waals surface area (Å²) < 4.78 is 5.34. The second-order valence-electron chi connectivity index (χ2n) is 5.29. The Kier molecular flexibility index (Phi) is 3.32. The maximum Gasteiger partial charge on any atom is 0.225 e. The third kappa shape index (κ3) is 2.90. The molecule has 0 atom stereocenters. The summed E-state index contributed by atoms with van der Waals surface area (Å²) in [6, 6.07) is 1.96. The van der Waals surface area contributed by atoms with Crippen molar-refractivity contribution in [3.8, 4) is 0 Å². The summed E-state index contributed by atoms with van der Waals surface area (Å²) in [5, 5.41) is 10.1. The van der Waals surface area contributed by atoms with Gasteiger partial charge in [-0.15, -0.1) is 0 Å². The molecule has 0 bridgehead atoms. The van der Waals surface area contributed by atoms with Crippen LogP contribution in [0.3, 0.4) is 0 Å². The second-order valence-corrected chi connectivity index (χ2v) is 5.29. The fraction of sp³-hybridized carbons (Fsp3) is 0.692. The first kappa shape index (κ1) is 11.7. The molecule has 1 saturated carbocycles. The van der Waals surface area contributed by atoms with Crippen LogP contribution in [0.2, 0.25) is 0 Å². The lowest BCUT2D eigenvalue weighted by Gasteiger charge is -2.20. The fourth-order valence-electron chi connectivity index (χ4n) is 2.40. The molecule has 18 heavy (non-hydrogen) atoms. The zero-order chi connectivity index (χ0) is 12.4. The van der Waals surface area contributed by atoms with Crippen molar-refractivity contribution in [3.05, 3.63) is 11.8 Å². The van der Waals surface area contributed by atoms with E-state index in [4.69, 9.17) is 4.74 Å². The molecular formula is C13H19N3O2. The van der Waals surface area contributed by atoms with E-state index < -0.39 is 0 Å². The number of H-pyrrole nitrogens is 1. The quantitative estimate of drug-likeness (QED) is 0.858. The van der Waals surface area contributed by atoms with Gasteiger partial charge in [0, 0.05) is 37.3 Å². The predicted molar refractivity (Wildman–Crippen MR) is 67.4 cm³/mol. The van der Waals surface area contributed by atoms with Crippen molar-refractivity contribution in [1.29, 1.82) is 0 Å². The number of carbonyl (C=O) groups is 1. The smallest absolute Gasteiger partial charge is 0.225 e. The van der Waals surface area contributed by atoms with E-state index in [1.54, 1.807) is 0 Å². The Morgan fingerprint density at radius 3 is 2.89 bits per heavy atom. The van der Waals surface area contributed by atoms with Crippen molar-refractivity contribution < 1.29 is 9.53 Å². The van der Waals surface area contributed by atoms with Crippen LogP contribution in [0, 0.1) is 5.92 Å². The number of nitrogens with one attached hydrogen (secondary N) is 2. The van der Waals surface area contributed by atoms with Gasteiger partial charge in [-0.2, -0.15) is 5.10 Å². The van der Waals surface area contributed by atoms with E-state index in [0.29, 0.717) is 24.1 Å². The minimum atomic E-state index is 0.0857. The number of aromatic nitrogens is 2. The SMILES string of the molecule is O=C(CC1CC1)Nc1cc(C2CCOCC2)[nH]n1. The Balaban J connectivity index is 1.56. The molecule has 1 amide bonds. The minimum absolute atomic E-state index is 0.0857. The lowest BCUT2D eigenvalue weighted by molar-refractivity contribution is -0.116. The Morgan fingerprint density at radius 1 is 1.39 bits per heavy atom. The van der Waals surface area contributed by atoms with Gasteiger partial charge in [0.1, 0.15) is 0 Å². The van der Waals surface area contributed by atoms with Crippen molar-refractivity contribution >= 4 is 11.7 Å². The zero-order valence-corrected chi connectivity index (χ0v) is 10.4. The third-order valence-electron chi connectivity index (χ3n) is 3.70. The van der Waals surface area contributed by atoms with Crippen LogP contribution < -0.4 is 5.32 Å². The van der Waals surface area contributed by atoms with Gasteiger partial charge in [0.2, 0.25) is 5.91 Å². The zero-order valence-electron chi connectivity index (χ0n) is 10.4. The summed E-state index contributed by atoms with van der Waals surface area (Å²) in [7, 11) is 0. The molecule has 2 aliphatic rings. The summed E-state index contributed by atoms with van der Waals surface area (Å²) >= 11 is 0. The maximum atomic E-state index is 11.7. The van der Waals surface area contributed by atoms with Gasteiger partial charge in [-0.05, 0) is 31.6 Å². The van der Waals surface area contributed by atoms with Crippen LogP contribution in [-0.2, 0) is 9.53 Å². The average molecular weight is 249 g/mol. The number of hydrogen-bond acceptors (Lipinski definition) is 3. The number of nitrogens with zero attached hydrogens (tertiary/aromatic N) is 1. The minimum Gasteiger partial charge on any atom is -0.381 e. The van der Waals surface area contributed by atoms with Gasteiger partial charge < -0.3 is 10.1 Å². The molecule has 2 N–H and O–H groups in total. The molecule has 0 aromatic carbocycles. The number of rotatable bonds is 4. The summed E-state index contributed by atoms with van der Waals surface area (Å²) in [5.41, 5.74) is 1.11. The Hall–Kier alpha value is -1.36. The van der Waals surface area contributed by atoms with E-state index in [-0.39, 0.29) is 5.91 Å². The van der Waals surface area contributed by atoms with Gasteiger partial charge in [0.15, 0.2) is 5.82 Å². The van der Waals surface area contributed by atoms with E-state index >= 15 is 0 Å². The van der Waals surface area contributed by atoms with Crippen molar-refractivity contribution in [2.45, 2.75) is 38.0 Å². The fourth-order valence-corrected chi connectivity index (χ4v) is 2.40. The highest BCUT2D eigenvalue weighted by atomic mass is 16.5. The average Bonchev–Trinajstić information content (AvgIpc) is 3.06. The van der Waals surface area contributed by atoms with Gasteiger partial charge in [0.25, 0.3) is 0 Å². The molecule has 2 heterocycles. The number of aromatic amines is 1. The molecule has 3 rings (SSSR count). The molecule has 0 unspecified atom stereocenters.